The Balaban J connectivity index is 2.25. The molecule has 2 N–H and O–H groups in total. The van der Waals surface area contributed by atoms with Crippen molar-refractivity contribution >= 4 is 23.1 Å². The highest BCUT2D eigenvalue weighted by atomic mass is 32.2. The van der Waals surface area contributed by atoms with Gasteiger partial charge in [0.15, 0.2) is 0 Å². The molecule has 2 aromatic rings. The quantitative estimate of drug-likeness (QED) is 0.805. The standard InChI is InChI=1S/C15H19NOS2/c1-3-12(16)15(11-8-9-18-10-11)19-14-7-5-4-6-13(14)17-2/h4-10,12,15H,3,16H2,1-2H3. The van der Waals surface area contributed by atoms with E-state index in [0.29, 0.717) is 0 Å². The summed E-state index contributed by atoms with van der Waals surface area (Å²) in [6.45, 7) is 2.13. The molecule has 0 saturated heterocycles. The average molecular weight is 293 g/mol. The minimum Gasteiger partial charge on any atom is -0.496 e. The molecule has 1 aromatic heterocycles. The number of ether oxygens (including phenoxy) is 1. The van der Waals surface area contributed by atoms with Crippen LogP contribution in [0.25, 0.3) is 0 Å². The van der Waals surface area contributed by atoms with E-state index >= 15 is 0 Å². The first-order chi connectivity index (χ1) is 9.26. The Kier molecular flexibility index (Phi) is 5.31. The number of para-hydroxylation sites is 1. The van der Waals surface area contributed by atoms with Gasteiger partial charge in [-0.05, 0) is 40.9 Å². The first kappa shape index (κ1) is 14.4. The van der Waals surface area contributed by atoms with Gasteiger partial charge in [0.05, 0.1) is 12.4 Å². The lowest BCUT2D eigenvalue weighted by molar-refractivity contribution is 0.404. The van der Waals surface area contributed by atoms with Crippen molar-refractivity contribution < 1.29 is 4.74 Å². The molecule has 0 saturated carbocycles. The summed E-state index contributed by atoms with van der Waals surface area (Å²) in [4.78, 5) is 1.14. The molecule has 1 aromatic carbocycles. The van der Waals surface area contributed by atoms with Gasteiger partial charge in [0.2, 0.25) is 0 Å². The van der Waals surface area contributed by atoms with Crippen LogP contribution in [0.5, 0.6) is 5.75 Å². The summed E-state index contributed by atoms with van der Waals surface area (Å²) >= 11 is 3.50. The zero-order valence-electron chi connectivity index (χ0n) is 11.2. The highest BCUT2D eigenvalue weighted by molar-refractivity contribution is 7.99. The first-order valence-corrected chi connectivity index (χ1v) is 8.15. The Labute approximate surface area is 123 Å². The molecule has 0 radical (unpaired) electrons. The molecule has 0 spiro atoms. The predicted molar refractivity (Wildman–Crippen MR) is 84.2 cm³/mol. The van der Waals surface area contributed by atoms with Crippen LogP contribution < -0.4 is 10.5 Å². The topological polar surface area (TPSA) is 35.2 Å². The largest absolute Gasteiger partial charge is 0.496 e. The number of nitrogens with two attached hydrogens (primary N) is 1. The van der Waals surface area contributed by atoms with E-state index < -0.39 is 0 Å². The summed E-state index contributed by atoms with van der Waals surface area (Å²) < 4.78 is 5.42. The number of benzene rings is 1. The Morgan fingerprint density at radius 1 is 1.32 bits per heavy atom. The number of rotatable bonds is 6. The van der Waals surface area contributed by atoms with Gasteiger partial charge in [-0.25, -0.2) is 0 Å². The highest BCUT2D eigenvalue weighted by Gasteiger charge is 2.21. The number of hydrogen-bond acceptors (Lipinski definition) is 4. The van der Waals surface area contributed by atoms with Crippen LogP contribution in [-0.4, -0.2) is 13.2 Å². The van der Waals surface area contributed by atoms with Crippen molar-refractivity contribution in [3.8, 4) is 5.75 Å². The van der Waals surface area contributed by atoms with Crippen molar-refractivity contribution in [3.05, 3.63) is 46.7 Å². The summed E-state index contributed by atoms with van der Waals surface area (Å²) in [7, 11) is 1.71. The smallest absolute Gasteiger partial charge is 0.132 e. The minimum atomic E-state index is 0.143. The van der Waals surface area contributed by atoms with E-state index in [4.69, 9.17) is 10.5 Å². The molecule has 0 aliphatic rings. The summed E-state index contributed by atoms with van der Waals surface area (Å²) in [6.07, 6.45) is 0.961. The van der Waals surface area contributed by atoms with Gasteiger partial charge >= 0.3 is 0 Å². The highest BCUT2D eigenvalue weighted by Crippen LogP contribution is 2.42. The fourth-order valence-corrected chi connectivity index (χ4v) is 4.04. The lowest BCUT2D eigenvalue weighted by Crippen LogP contribution is -2.25. The Bertz CT molecular complexity index is 499. The van der Waals surface area contributed by atoms with Crippen molar-refractivity contribution in [2.75, 3.05) is 7.11 Å². The fourth-order valence-electron chi connectivity index (χ4n) is 1.91. The third-order valence-electron chi connectivity index (χ3n) is 3.05. The Morgan fingerprint density at radius 3 is 2.74 bits per heavy atom. The maximum atomic E-state index is 6.29. The zero-order chi connectivity index (χ0) is 13.7. The van der Waals surface area contributed by atoms with Gasteiger partial charge < -0.3 is 10.5 Å². The molecule has 0 amide bonds. The van der Waals surface area contributed by atoms with E-state index in [1.54, 1.807) is 30.2 Å². The molecule has 4 heteroatoms. The third kappa shape index (κ3) is 3.53. The lowest BCUT2D eigenvalue weighted by atomic mass is 10.1. The number of hydrogen-bond donors (Lipinski definition) is 1. The molecule has 2 atom stereocenters. The van der Waals surface area contributed by atoms with Crippen LogP contribution in [0.4, 0.5) is 0 Å². The van der Waals surface area contributed by atoms with Crippen LogP contribution in [0, 0.1) is 0 Å². The van der Waals surface area contributed by atoms with E-state index in [0.717, 1.165) is 17.1 Å². The molecule has 0 bridgehead atoms. The van der Waals surface area contributed by atoms with Crippen molar-refractivity contribution in [1.82, 2.24) is 0 Å². The second kappa shape index (κ2) is 6.98. The number of methoxy groups -OCH3 is 1. The van der Waals surface area contributed by atoms with Gasteiger partial charge in [-0.3, -0.25) is 0 Å². The lowest BCUT2D eigenvalue weighted by Gasteiger charge is -2.22. The van der Waals surface area contributed by atoms with E-state index in [9.17, 15) is 0 Å². The molecule has 0 fully saturated rings. The van der Waals surface area contributed by atoms with Crippen LogP contribution in [0.3, 0.4) is 0 Å². The average Bonchev–Trinajstić information content (AvgIpc) is 2.98. The predicted octanol–water partition coefficient (Wildman–Crippen LogP) is 4.33. The zero-order valence-corrected chi connectivity index (χ0v) is 12.8. The fraction of sp³-hybridized carbons (Fsp3) is 0.333. The maximum Gasteiger partial charge on any atom is 0.132 e. The van der Waals surface area contributed by atoms with Gasteiger partial charge in [-0.15, -0.1) is 11.8 Å². The summed E-state index contributed by atoms with van der Waals surface area (Å²) in [6, 6.07) is 10.4. The van der Waals surface area contributed by atoms with Gasteiger partial charge in [0.25, 0.3) is 0 Å². The number of thioether (sulfide) groups is 1. The monoisotopic (exact) mass is 293 g/mol. The second-order valence-electron chi connectivity index (χ2n) is 4.32. The molecule has 1 heterocycles. The molecule has 2 rings (SSSR count). The SMILES string of the molecule is CCC(N)C(Sc1ccccc1OC)c1ccsc1. The van der Waals surface area contributed by atoms with Gasteiger partial charge in [0.1, 0.15) is 5.75 Å². The van der Waals surface area contributed by atoms with Crippen LogP contribution in [0.1, 0.15) is 24.2 Å². The van der Waals surface area contributed by atoms with Crippen LogP contribution in [-0.2, 0) is 0 Å². The van der Waals surface area contributed by atoms with E-state index in [1.807, 2.05) is 18.2 Å². The van der Waals surface area contributed by atoms with E-state index in [1.165, 1.54) is 5.56 Å². The van der Waals surface area contributed by atoms with Crippen LogP contribution in [0.2, 0.25) is 0 Å². The molecular formula is C15H19NOS2. The minimum absolute atomic E-state index is 0.143. The Hall–Kier alpha value is -0.970. The van der Waals surface area contributed by atoms with Crippen molar-refractivity contribution in [3.63, 3.8) is 0 Å². The summed E-state index contributed by atoms with van der Waals surface area (Å²) in [5.74, 6) is 0.913. The molecule has 0 aliphatic heterocycles. The van der Waals surface area contributed by atoms with Gasteiger partial charge in [-0.1, -0.05) is 19.1 Å². The van der Waals surface area contributed by atoms with Crippen LogP contribution in [0.15, 0.2) is 46.0 Å². The first-order valence-electron chi connectivity index (χ1n) is 6.33. The van der Waals surface area contributed by atoms with Gasteiger partial charge in [-0.2, -0.15) is 11.3 Å². The van der Waals surface area contributed by atoms with Crippen molar-refractivity contribution in [1.29, 1.82) is 0 Å². The van der Waals surface area contributed by atoms with Gasteiger partial charge in [0, 0.05) is 10.9 Å². The van der Waals surface area contributed by atoms with Crippen molar-refractivity contribution in [2.24, 2.45) is 5.73 Å². The van der Waals surface area contributed by atoms with Crippen LogP contribution >= 0.6 is 23.1 Å². The number of thiophene rings is 1. The Morgan fingerprint density at radius 2 is 2.11 bits per heavy atom. The third-order valence-corrected chi connectivity index (χ3v) is 5.22. The second-order valence-corrected chi connectivity index (χ2v) is 6.28. The van der Waals surface area contributed by atoms with E-state index in [2.05, 4.69) is 29.8 Å². The summed E-state index contributed by atoms with van der Waals surface area (Å²) in [5, 5.41) is 4.56. The molecule has 19 heavy (non-hydrogen) atoms. The van der Waals surface area contributed by atoms with E-state index in [-0.39, 0.29) is 11.3 Å². The molecular weight excluding hydrogens is 274 g/mol. The molecule has 2 nitrogen and oxygen atoms in total. The normalized spacial score (nSPS) is 14.1. The van der Waals surface area contributed by atoms with Crippen molar-refractivity contribution in [2.45, 2.75) is 29.5 Å². The molecule has 102 valence electrons. The molecule has 0 aliphatic carbocycles. The maximum absolute atomic E-state index is 6.29. The molecule has 2 unspecified atom stereocenters. The summed E-state index contributed by atoms with van der Waals surface area (Å²) in [5.41, 5.74) is 7.59.